The molecule has 0 atom stereocenters. The molecule has 0 aliphatic rings. The molecule has 14 N–H and O–H groups in total. The molecule has 0 spiro atoms. The van der Waals surface area contributed by atoms with E-state index in [1.807, 2.05) is 0 Å². The monoisotopic (exact) mass is 440 g/mol. The van der Waals surface area contributed by atoms with Gasteiger partial charge in [-0.1, -0.05) is 0 Å². The van der Waals surface area contributed by atoms with Gasteiger partial charge in [0.1, 0.15) is 0 Å². The van der Waals surface area contributed by atoms with E-state index in [-0.39, 0.29) is 11.0 Å². The van der Waals surface area contributed by atoms with E-state index >= 15 is 0 Å². The van der Waals surface area contributed by atoms with Crippen molar-refractivity contribution >= 4 is 11.9 Å². The maximum Gasteiger partial charge on any atom is 0.349 e. The Morgan fingerprint density at radius 2 is 0.867 bits per heavy atom. The molecule has 0 bridgehead atoms. The third-order valence-corrected chi connectivity index (χ3v) is 3.11. The largest absolute Gasteiger partial charge is 0.412 e. The van der Waals surface area contributed by atoms with Crippen LogP contribution in [0.15, 0.2) is 12.2 Å². The van der Waals surface area contributed by atoms with Crippen LogP contribution in [0.5, 0.6) is 0 Å². The molecule has 30 heavy (non-hydrogen) atoms. The second-order valence-electron chi connectivity index (χ2n) is 5.54. The van der Waals surface area contributed by atoms with Gasteiger partial charge >= 0.3 is 11.9 Å². The average molecular weight is 441 g/mol. The lowest BCUT2D eigenvalue weighted by Crippen LogP contribution is -2.34. The summed E-state index contributed by atoms with van der Waals surface area (Å²) in [6, 6.07) is 0. The van der Waals surface area contributed by atoms with E-state index < -0.39 is 11.9 Å². The highest BCUT2D eigenvalue weighted by Crippen LogP contribution is 1.82. The van der Waals surface area contributed by atoms with E-state index in [1.165, 1.54) is 0 Å². The Kier molecular flexibility index (Phi) is 29.9. The fraction of sp³-hybridized carbons (Fsp3) is 0.750. The summed E-state index contributed by atoms with van der Waals surface area (Å²) in [7, 11) is 0. The van der Waals surface area contributed by atoms with Gasteiger partial charge in [0.25, 0.3) is 0 Å². The third-order valence-electron chi connectivity index (χ3n) is 3.11. The van der Waals surface area contributed by atoms with Crippen molar-refractivity contribution in [2.45, 2.75) is 0 Å². The normalized spacial score (nSPS) is 10.3. The van der Waals surface area contributed by atoms with Crippen LogP contribution in [-0.4, -0.2) is 101 Å². The van der Waals surface area contributed by atoms with Gasteiger partial charge in [0.05, 0.1) is 0 Å². The van der Waals surface area contributed by atoms with Crippen LogP contribution in [0.2, 0.25) is 0 Å². The predicted octanol–water partition coefficient (Wildman–Crippen LogP) is -5.74. The Labute approximate surface area is 177 Å². The van der Waals surface area contributed by atoms with E-state index in [1.54, 1.807) is 0 Å². The summed E-state index contributed by atoms with van der Waals surface area (Å²) >= 11 is 0. The minimum Gasteiger partial charge on any atom is -0.412 e. The summed E-state index contributed by atoms with van der Waals surface area (Å²) in [5.74, 6) is -1.37. The number of hydrogen-bond acceptors (Lipinski definition) is 12. The Morgan fingerprint density at radius 3 is 1.20 bits per heavy atom. The van der Waals surface area contributed by atoms with E-state index in [4.69, 9.17) is 21.1 Å². The van der Waals surface area contributed by atoms with Crippen LogP contribution >= 0.6 is 0 Å². The summed E-state index contributed by atoms with van der Waals surface area (Å²) in [6.07, 6.45) is 1.98. The molecule has 0 aromatic heterocycles. The first-order valence-electron chi connectivity index (χ1n) is 9.49. The highest BCUT2D eigenvalue weighted by molar-refractivity contribution is 5.91. The molecule has 0 aliphatic carbocycles. The van der Waals surface area contributed by atoms with Crippen molar-refractivity contribution in [2.24, 2.45) is 11.5 Å². The van der Waals surface area contributed by atoms with Crippen LogP contribution < -0.4 is 43.7 Å². The van der Waals surface area contributed by atoms with E-state index in [2.05, 4.69) is 32.2 Å². The zero-order chi connectivity index (χ0) is 20.7. The molecule has 0 rings (SSSR count). The molecule has 180 valence electrons. The first kappa shape index (κ1) is 32.9. The highest BCUT2D eigenvalue weighted by atomic mass is 16.7. The molecule has 0 radical (unpaired) electrons. The number of carbonyl (C=O) groups is 2. The van der Waals surface area contributed by atoms with Crippen molar-refractivity contribution in [3.05, 3.63) is 12.2 Å². The summed E-state index contributed by atoms with van der Waals surface area (Å²) < 4.78 is 0. The van der Waals surface area contributed by atoms with Gasteiger partial charge in [-0.3, -0.25) is 0 Å². The lowest BCUT2D eigenvalue weighted by atomic mass is 10.5. The molecule has 0 saturated carbocycles. The number of hydrogen-bond donors (Lipinski definition) is 8. The predicted molar refractivity (Wildman–Crippen MR) is 114 cm³/mol. The van der Waals surface area contributed by atoms with Gasteiger partial charge in [0, 0.05) is 90.7 Å². The van der Waals surface area contributed by atoms with Gasteiger partial charge in [0.2, 0.25) is 0 Å². The Hall–Kier alpha value is -1.72. The summed E-state index contributed by atoms with van der Waals surface area (Å²) in [5, 5.41) is 12.6. The zero-order valence-corrected chi connectivity index (χ0v) is 17.4. The number of nitrogens with one attached hydrogen (secondary N) is 6. The fourth-order valence-electron chi connectivity index (χ4n) is 1.78. The molecule has 0 amide bonds. The molecule has 0 unspecified atom stereocenters. The van der Waals surface area contributed by atoms with Gasteiger partial charge in [-0.15, -0.1) is 0 Å². The van der Waals surface area contributed by atoms with E-state index in [0.29, 0.717) is 39.3 Å². The SMILES string of the molecule is NCCNCCNCCNOC(=O)/C=C\C(=O)ONCCNCCNCCN.O.O. The third kappa shape index (κ3) is 26.3. The summed E-state index contributed by atoms with van der Waals surface area (Å²) in [6.45, 7) is 8.14. The van der Waals surface area contributed by atoms with Crippen molar-refractivity contribution in [1.82, 2.24) is 32.2 Å². The lowest BCUT2D eigenvalue weighted by Gasteiger charge is -2.07. The second kappa shape index (κ2) is 27.3. The number of nitrogens with two attached hydrogens (primary N) is 2. The Bertz CT molecular complexity index is 381. The van der Waals surface area contributed by atoms with Crippen molar-refractivity contribution in [3.63, 3.8) is 0 Å². The molecule has 0 saturated heterocycles. The Morgan fingerprint density at radius 1 is 0.567 bits per heavy atom. The molecular weight excluding hydrogens is 400 g/mol. The van der Waals surface area contributed by atoms with E-state index in [0.717, 1.165) is 51.4 Å². The van der Waals surface area contributed by atoms with Gasteiger partial charge in [0.15, 0.2) is 0 Å². The minimum absolute atomic E-state index is 0. The van der Waals surface area contributed by atoms with Crippen molar-refractivity contribution < 1.29 is 30.2 Å². The molecule has 0 aromatic rings. The average Bonchev–Trinajstić information content (AvgIpc) is 2.69. The van der Waals surface area contributed by atoms with Crippen LogP contribution in [0.25, 0.3) is 0 Å². The van der Waals surface area contributed by atoms with Crippen LogP contribution in [0.3, 0.4) is 0 Å². The minimum atomic E-state index is -0.687. The van der Waals surface area contributed by atoms with E-state index in [9.17, 15) is 9.59 Å². The standard InChI is InChI=1S/C16H36N8O4.2H2O/c17-3-5-19-7-9-21-11-13-23-27-15(25)1-2-16(26)28-24-14-12-22-10-8-20-6-4-18;;/h1-2,19-24H,3-14,17-18H2;2*1H2/b2-1-;;. The topological polar surface area (TPSA) is 240 Å². The molecule has 0 aromatic carbocycles. The smallest absolute Gasteiger partial charge is 0.349 e. The maximum atomic E-state index is 11.4. The van der Waals surface area contributed by atoms with Gasteiger partial charge in [-0.2, -0.15) is 11.0 Å². The van der Waals surface area contributed by atoms with Gasteiger partial charge in [-0.05, 0) is 0 Å². The molecule has 14 heteroatoms. The first-order valence-corrected chi connectivity index (χ1v) is 9.49. The van der Waals surface area contributed by atoms with Gasteiger partial charge < -0.3 is 53.4 Å². The van der Waals surface area contributed by atoms with Crippen LogP contribution in [-0.2, 0) is 19.3 Å². The first-order chi connectivity index (χ1) is 13.7. The Balaban J connectivity index is -0.00000364. The van der Waals surface area contributed by atoms with Crippen molar-refractivity contribution in [3.8, 4) is 0 Å². The second-order valence-corrected chi connectivity index (χ2v) is 5.54. The van der Waals surface area contributed by atoms with Crippen LogP contribution in [0.1, 0.15) is 0 Å². The number of hydroxylamine groups is 2. The highest BCUT2D eigenvalue weighted by Gasteiger charge is 2.01. The molecule has 0 aliphatic heterocycles. The van der Waals surface area contributed by atoms with Gasteiger partial charge in [-0.25, -0.2) is 9.59 Å². The fourth-order valence-corrected chi connectivity index (χ4v) is 1.78. The zero-order valence-electron chi connectivity index (χ0n) is 17.4. The quantitative estimate of drug-likeness (QED) is 0.0501. The van der Waals surface area contributed by atoms with Crippen molar-refractivity contribution in [2.75, 3.05) is 78.5 Å². The molecule has 14 nitrogen and oxygen atoms in total. The number of carbonyl (C=O) groups excluding carboxylic acids is 2. The maximum absolute atomic E-state index is 11.4. The molecule has 0 heterocycles. The summed E-state index contributed by atoms with van der Waals surface area (Å²) in [4.78, 5) is 32.3. The van der Waals surface area contributed by atoms with Crippen LogP contribution in [0.4, 0.5) is 0 Å². The van der Waals surface area contributed by atoms with Crippen LogP contribution in [0, 0.1) is 0 Å². The molecular formula is C16H40N8O6. The molecule has 0 fully saturated rings. The van der Waals surface area contributed by atoms with Crippen molar-refractivity contribution in [1.29, 1.82) is 0 Å². The summed E-state index contributed by atoms with van der Waals surface area (Å²) in [5.41, 5.74) is 15.7. The lowest BCUT2D eigenvalue weighted by molar-refractivity contribution is -0.147. The number of rotatable bonds is 20.